The summed E-state index contributed by atoms with van der Waals surface area (Å²) in [6.07, 6.45) is 5.87. The van der Waals surface area contributed by atoms with E-state index in [4.69, 9.17) is 11.6 Å². The molecule has 0 bridgehead atoms. The first kappa shape index (κ1) is 21.3. The Balaban J connectivity index is 1.74. The third kappa shape index (κ3) is 4.29. The van der Waals surface area contributed by atoms with Crippen molar-refractivity contribution in [1.29, 1.82) is 0 Å². The molecular formula is C23H19BrClN3O3. The van der Waals surface area contributed by atoms with Gasteiger partial charge in [-0.2, -0.15) is 0 Å². The molecule has 1 atom stereocenters. The number of likely N-dealkylation sites (tertiary alicyclic amines) is 1. The molecule has 158 valence electrons. The second-order valence-corrected chi connectivity index (χ2v) is 8.50. The monoisotopic (exact) mass is 499 g/mol. The summed E-state index contributed by atoms with van der Waals surface area (Å²) in [4.78, 5) is 31.5. The van der Waals surface area contributed by atoms with Crippen LogP contribution in [0.3, 0.4) is 0 Å². The topological polar surface area (TPSA) is 75.4 Å². The molecule has 3 aromatic rings. The van der Waals surface area contributed by atoms with E-state index in [0.29, 0.717) is 30.1 Å². The summed E-state index contributed by atoms with van der Waals surface area (Å²) in [5, 5.41) is 11.3. The van der Waals surface area contributed by atoms with Gasteiger partial charge in [-0.05, 0) is 36.2 Å². The molecule has 0 saturated carbocycles. The Morgan fingerprint density at radius 2 is 1.84 bits per heavy atom. The van der Waals surface area contributed by atoms with E-state index in [9.17, 15) is 14.7 Å². The van der Waals surface area contributed by atoms with Crippen LogP contribution in [0.4, 0.5) is 0 Å². The second-order valence-electron chi connectivity index (χ2n) is 7.18. The van der Waals surface area contributed by atoms with Gasteiger partial charge in [0.25, 0.3) is 11.7 Å². The SMILES string of the molecule is O=C1C(=O)N(CCCn2ccnc2)C(c2ccc(Br)cc2)/C1=C(\O)c1ccccc1Cl. The van der Waals surface area contributed by atoms with Crippen LogP contribution in [0.15, 0.2) is 77.3 Å². The van der Waals surface area contributed by atoms with Gasteiger partial charge in [-0.3, -0.25) is 9.59 Å². The van der Waals surface area contributed by atoms with E-state index in [2.05, 4.69) is 20.9 Å². The summed E-state index contributed by atoms with van der Waals surface area (Å²) in [5.41, 5.74) is 1.10. The lowest BCUT2D eigenvalue weighted by Gasteiger charge is -2.25. The number of halogens is 2. The summed E-state index contributed by atoms with van der Waals surface area (Å²) in [5.74, 6) is -1.62. The predicted octanol–water partition coefficient (Wildman–Crippen LogP) is 4.81. The van der Waals surface area contributed by atoms with Gasteiger partial charge in [-0.1, -0.05) is 51.8 Å². The highest BCUT2D eigenvalue weighted by atomic mass is 79.9. The Bertz CT molecular complexity index is 1140. The smallest absolute Gasteiger partial charge is 0.295 e. The molecule has 1 aliphatic rings. The number of aromatic nitrogens is 2. The Morgan fingerprint density at radius 3 is 2.52 bits per heavy atom. The first-order valence-corrected chi connectivity index (χ1v) is 10.9. The molecule has 1 N–H and O–H groups in total. The van der Waals surface area contributed by atoms with Crippen molar-refractivity contribution in [2.24, 2.45) is 0 Å². The minimum absolute atomic E-state index is 0.0445. The molecule has 0 aliphatic carbocycles. The summed E-state index contributed by atoms with van der Waals surface area (Å²) < 4.78 is 2.79. The first-order chi connectivity index (χ1) is 15.0. The first-order valence-electron chi connectivity index (χ1n) is 9.72. The molecule has 1 aromatic heterocycles. The Hall–Kier alpha value is -2.90. The maximum Gasteiger partial charge on any atom is 0.295 e. The molecule has 8 heteroatoms. The number of aliphatic hydroxyl groups excluding tert-OH is 1. The Kier molecular flexibility index (Phi) is 6.25. The standard InChI is InChI=1S/C23H19BrClN3O3/c24-16-8-6-15(7-9-16)20-19(21(29)17-4-1-2-5-18(17)25)22(30)23(31)28(20)12-3-11-27-13-10-26-14-27/h1-2,4-10,13-14,20,29H,3,11-12H2/b21-19+. The molecule has 6 nitrogen and oxygen atoms in total. The van der Waals surface area contributed by atoms with Crippen LogP contribution in [0.25, 0.3) is 5.76 Å². The van der Waals surface area contributed by atoms with Crippen molar-refractivity contribution in [2.45, 2.75) is 19.0 Å². The summed E-state index contributed by atoms with van der Waals surface area (Å²) in [6, 6.07) is 13.4. The second kappa shape index (κ2) is 9.08. The van der Waals surface area contributed by atoms with Gasteiger partial charge in [0.1, 0.15) is 5.76 Å². The van der Waals surface area contributed by atoms with Gasteiger partial charge < -0.3 is 14.6 Å². The van der Waals surface area contributed by atoms with Crippen molar-refractivity contribution >= 4 is 45.0 Å². The molecule has 2 aromatic carbocycles. The third-order valence-corrected chi connectivity index (χ3v) is 6.09. The fourth-order valence-corrected chi connectivity index (χ4v) is 4.23. The van der Waals surface area contributed by atoms with Crippen molar-refractivity contribution in [3.63, 3.8) is 0 Å². The Labute approximate surface area is 192 Å². The molecule has 2 heterocycles. The number of amides is 1. The van der Waals surface area contributed by atoms with Gasteiger partial charge in [-0.25, -0.2) is 4.98 Å². The molecule has 31 heavy (non-hydrogen) atoms. The zero-order chi connectivity index (χ0) is 22.0. The van der Waals surface area contributed by atoms with Crippen LogP contribution in [0.1, 0.15) is 23.6 Å². The normalized spacial score (nSPS) is 18.0. The molecular weight excluding hydrogens is 482 g/mol. The third-order valence-electron chi connectivity index (χ3n) is 5.23. The fourth-order valence-electron chi connectivity index (χ4n) is 3.74. The predicted molar refractivity (Wildman–Crippen MR) is 121 cm³/mol. The van der Waals surface area contributed by atoms with E-state index >= 15 is 0 Å². The zero-order valence-corrected chi connectivity index (χ0v) is 18.8. The average molecular weight is 501 g/mol. The number of ketones is 1. The summed E-state index contributed by atoms with van der Waals surface area (Å²) in [6.45, 7) is 1.00. The number of carbonyl (C=O) groups is 2. The number of carbonyl (C=O) groups excluding carboxylic acids is 2. The number of benzene rings is 2. The molecule has 1 unspecified atom stereocenters. The van der Waals surface area contributed by atoms with E-state index in [1.165, 1.54) is 4.90 Å². The lowest BCUT2D eigenvalue weighted by Crippen LogP contribution is -2.31. The number of rotatable bonds is 6. The van der Waals surface area contributed by atoms with Gasteiger partial charge in [0.15, 0.2) is 0 Å². The highest BCUT2D eigenvalue weighted by Gasteiger charge is 2.45. The number of aliphatic hydroxyl groups is 1. The quantitative estimate of drug-likeness (QED) is 0.299. The molecule has 1 amide bonds. The van der Waals surface area contributed by atoms with Crippen LogP contribution in [0.5, 0.6) is 0 Å². The largest absolute Gasteiger partial charge is 0.507 e. The number of hydrogen-bond donors (Lipinski definition) is 1. The molecule has 0 radical (unpaired) electrons. The lowest BCUT2D eigenvalue weighted by atomic mass is 9.95. The number of imidazole rings is 1. The molecule has 1 aliphatic heterocycles. The lowest BCUT2D eigenvalue weighted by molar-refractivity contribution is -0.139. The van der Waals surface area contributed by atoms with Crippen molar-refractivity contribution in [3.05, 3.63) is 93.4 Å². The zero-order valence-electron chi connectivity index (χ0n) is 16.4. The Morgan fingerprint density at radius 1 is 1.10 bits per heavy atom. The number of Topliss-reactive ketones (excluding diaryl/α,β-unsaturated/α-hetero) is 1. The van der Waals surface area contributed by atoms with E-state index in [0.717, 1.165) is 10.0 Å². The molecule has 4 rings (SSSR count). The van der Waals surface area contributed by atoms with Gasteiger partial charge in [0.2, 0.25) is 0 Å². The van der Waals surface area contributed by atoms with Gasteiger partial charge in [0.05, 0.1) is 23.0 Å². The number of aryl methyl sites for hydroxylation is 1. The molecule has 1 saturated heterocycles. The minimum Gasteiger partial charge on any atom is -0.507 e. The molecule has 1 fully saturated rings. The van der Waals surface area contributed by atoms with Crippen molar-refractivity contribution in [1.82, 2.24) is 14.5 Å². The van der Waals surface area contributed by atoms with Crippen molar-refractivity contribution in [3.8, 4) is 0 Å². The van der Waals surface area contributed by atoms with E-state index in [-0.39, 0.29) is 11.3 Å². The van der Waals surface area contributed by atoms with Crippen molar-refractivity contribution < 1.29 is 14.7 Å². The van der Waals surface area contributed by atoms with Crippen LogP contribution < -0.4 is 0 Å². The fraction of sp³-hybridized carbons (Fsp3) is 0.174. The summed E-state index contributed by atoms with van der Waals surface area (Å²) >= 11 is 9.67. The van der Waals surface area contributed by atoms with E-state index in [1.807, 2.05) is 35.0 Å². The van der Waals surface area contributed by atoms with E-state index < -0.39 is 17.7 Å². The van der Waals surface area contributed by atoms with Crippen LogP contribution >= 0.6 is 27.5 Å². The number of hydrogen-bond acceptors (Lipinski definition) is 4. The highest BCUT2D eigenvalue weighted by molar-refractivity contribution is 9.10. The van der Waals surface area contributed by atoms with Gasteiger partial charge in [-0.15, -0.1) is 0 Å². The highest BCUT2D eigenvalue weighted by Crippen LogP contribution is 2.40. The summed E-state index contributed by atoms with van der Waals surface area (Å²) in [7, 11) is 0. The maximum absolute atomic E-state index is 13.0. The number of nitrogens with zero attached hydrogens (tertiary/aromatic N) is 3. The van der Waals surface area contributed by atoms with Gasteiger partial charge in [0, 0.05) is 35.5 Å². The van der Waals surface area contributed by atoms with E-state index in [1.54, 1.807) is 36.8 Å². The maximum atomic E-state index is 13.0. The minimum atomic E-state index is -0.715. The van der Waals surface area contributed by atoms with Crippen LogP contribution in [0, 0.1) is 0 Å². The molecule has 0 spiro atoms. The average Bonchev–Trinajstić information content (AvgIpc) is 3.36. The van der Waals surface area contributed by atoms with Crippen LogP contribution in [0.2, 0.25) is 5.02 Å². The van der Waals surface area contributed by atoms with Crippen molar-refractivity contribution in [2.75, 3.05) is 6.54 Å². The van der Waals surface area contributed by atoms with Crippen LogP contribution in [-0.2, 0) is 16.1 Å². The van der Waals surface area contributed by atoms with Crippen LogP contribution in [-0.4, -0.2) is 37.8 Å². The van der Waals surface area contributed by atoms with Gasteiger partial charge >= 0.3 is 0 Å².